The number of hydrogen-bond donors (Lipinski definition) is 2. The number of nitrogens with zero attached hydrogens (tertiary/aromatic N) is 2. The van der Waals surface area contributed by atoms with Gasteiger partial charge in [-0.25, -0.2) is 9.97 Å². The summed E-state index contributed by atoms with van der Waals surface area (Å²) in [6, 6.07) is 2.38. The highest BCUT2D eigenvalue weighted by Crippen LogP contribution is 2.28. The summed E-state index contributed by atoms with van der Waals surface area (Å²) in [5, 5.41) is 3.53. The Hall–Kier alpha value is -1.32. The molecule has 1 fully saturated rings. The van der Waals surface area contributed by atoms with E-state index in [0.717, 1.165) is 17.6 Å². The van der Waals surface area contributed by atoms with Crippen molar-refractivity contribution in [3.05, 3.63) is 11.9 Å². The van der Waals surface area contributed by atoms with Crippen LogP contribution in [0.2, 0.25) is 0 Å². The van der Waals surface area contributed by atoms with Crippen molar-refractivity contribution < 1.29 is 0 Å². The van der Waals surface area contributed by atoms with Gasteiger partial charge in [0.1, 0.15) is 17.5 Å². The molecule has 1 aliphatic carbocycles. The minimum Gasteiger partial charge on any atom is -0.384 e. The molecule has 106 valence electrons. The van der Waals surface area contributed by atoms with Crippen LogP contribution in [-0.4, -0.2) is 16.0 Å². The predicted molar refractivity (Wildman–Crippen MR) is 80.2 cm³/mol. The van der Waals surface area contributed by atoms with Crippen LogP contribution in [0.1, 0.15) is 64.6 Å². The Morgan fingerprint density at radius 3 is 2.53 bits per heavy atom. The molecular weight excluding hydrogens is 236 g/mol. The van der Waals surface area contributed by atoms with Gasteiger partial charge in [0, 0.05) is 18.0 Å². The maximum Gasteiger partial charge on any atom is 0.135 e. The molecule has 1 aromatic heterocycles. The molecular formula is C15H26N4. The van der Waals surface area contributed by atoms with E-state index < -0.39 is 0 Å². The molecule has 19 heavy (non-hydrogen) atoms. The summed E-state index contributed by atoms with van der Waals surface area (Å²) >= 11 is 0. The largest absolute Gasteiger partial charge is 0.384 e. The Kier molecular flexibility index (Phi) is 4.61. The smallest absolute Gasteiger partial charge is 0.135 e. The summed E-state index contributed by atoms with van der Waals surface area (Å²) in [6.45, 7) is 6.47. The normalized spacial score (nSPS) is 23.6. The van der Waals surface area contributed by atoms with Gasteiger partial charge in [-0.15, -0.1) is 0 Å². The van der Waals surface area contributed by atoms with Gasteiger partial charge in [0.25, 0.3) is 0 Å². The number of aromatic nitrogens is 2. The Morgan fingerprint density at radius 2 is 1.95 bits per heavy atom. The van der Waals surface area contributed by atoms with Gasteiger partial charge in [-0.3, -0.25) is 0 Å². The highest BCUT2D eigenvalue weighted by molar-refractivity contribution is 5.45. The fourth-order valence-electron chi connectivity index (χ4n) is 2.74. The zero-order valence-electron chi connectivity index (χ0n) is 12.3. The summed E-state index contributed by atoms with van der Waals surface area (Å²) in [5.74, 6) is 3.49. The van der Waals surface area contributed by atoms with Gasteiger partial charge in [-0.05, 0) is 31.6 Å². The van der Waals surface area contributed by atoms with Crippen LogP contribution in [0.4, 0.5) is 11.6 Å². The Morgan fingerprint density at radius 1 is 1.26 bits per heavy atom. The lowest BCUT2D eigenvalue weighted by Gasteiger charge is -2.28. The second-order valence-electron chi connectivity index (χ2n) is 5.96. The third-order valence-corrected chi connectivity index (χ3v) is 4.06. The van der Waals surface area contributed by atoms with Crippen LogP contribution in [-0.2, 0) is 0 Å². The van der Waals surface area contributed by atoms with Gasteiger partial charge in [-0.2, -0.15) is 0 Å². The average Bonchev–Trinajstić information content (AvgIpc) is 2.39. The quantitative estimate of drug-likeness (QED) is 0.870. The van der Waals surface area contributed by atoms with Crippen molar-refractivity contribution in [2.45, 2.75) is 64.8 Å². The second-order valence-corrected chi connectivity index (χ2v) is 5.96. The van der Waals surface area contributed by atoms with Crippen LogP contribution in [0, 0.1) is 5.92 Å². The molecule has 2 rings (SSSR count). The van der Waals surface area contributed by atoms with Gasteiger partial charge in [0.05, 0.1) is 0 Å². The second kappa shape index (κ2) is 6.22. The fraction of sp³-hybridized carbons (Fsp3) is 0.733. The van der Waals surface area contributed by atoms with E-state index in [0.29, 0.717) is 17.8 Å². The maximum absolute atomic E-state index is 5.85. The number of nitrogens with one attached hydrogen (secondary N) is 1. The highest BCUT2D eigenvalue weighted by Gasteiger charge is 2.20. The van der Waals surface area contributed by atoms with Crippen LogP contribution in [0.5, 0.6) is 0 Å². The van der Waals surface area contributed by atoms with E-state index in [9.17, 15) is 0 Å². The van der Waals surface area contributed by atoms with E-state index >= 15 is 0 Å². The monoisotopic (exact) mass is 262 g/mol. The van der Waals surface area contributed by atoms with Crippen molar-refractivity contribution in [1.29, 1.82) is 0 Å². The average molecular weight is 262 g/mol. The molecule has 0 saturated heterocycles. The van der Waals surface area contributed by atoms with E-state index in [-0.39, 0.29) is 0 Å². The van der Waals surface area contributed by atoms with Crippen LogP contribution in [0.25, 0.3) is 0 Å². The minimum atomic E-state index is 0.305. The van der Waals surface area contributed by atoms with Crippen LogP contribution >= 0.6 is 0 Å². The zero-order valence-corrected chi connectivity index (χ0v) is 12.3. The minimum absolute atomic E-state index is 0.305. The Bertz CT molecular complexity index is 409. The molecule has 0 aliphatic heterocycles. The molecule has 4 heteroatoms. The maximum atomic E-state index is 5.85. The van der Waals surface area contributed by atoms with Gasteiger partial charge in [-0.1, -0.05) is 27.2 Å². The van der Waals surface area contributed by atoms with Gasteiger partial charge >= 0.3 is 0 Å². The molecule has 0 unspecified atom stereocenters. The summed E-state index contributed by atoms with van der Waals surface area (Å²) in [4.78, 5) is 8.84. The van der Waals surface area contributed by atoms with Crippen LogP contribution < -0.4 is 11.1 Å². The zero-order chi connectivity index (χ0) is 13.8. The van der Waals surface area contributed by atoms with Crippen molar-refractivity contribution in [2.75, 3.05) is 11.1 Å². The molecule has 4 nitrogen and oxygen atoms in total. The molecule has 1 heterocycles. The summed E-state index contributed by atoms with van der Waals surface area (Å²) in [6.07, 6.45) is 6.43. The fourth-order valence-corrected chi connectivity index (χ4v) is 2.74. The van der Waals surface area contributed by atoms with Gasteiger partial charge < -0.3 is 11.1 Å². The molecule has 0 amide bonds. The Balaban J connectivity index is 1.99. The molecule has 0 radical (unpaired) electrons. The number of nitrogen functional groups attached to an aromatic ring is 1. The molecule has 1 saturated carbocycles. The van der Waals surface area contributed by atoms with Crippen molar-refractivity contribution in [2.24, 2.45) is 5.92 Å². The number of hydrogen-bond acceptors (Lipinski definition) is 4. The third-order valence-electron chi connectivity index (χ3n) is 4.06. The molecule has 0 aromatic carbocycles. The summed E-state index contributed by atoms with van der Waals surface area (Å²) in [5.41, 5.74) is 5.85. The highest BCUT2D eigenvalue weighted by atomic mass is 15.1. The van der Waals surface area contributed by atoms with Gasteiger partial charge in [0.15, 0.2) is 0 Å². The summed E-state index contributed by atoms with van der Waals surface area (Å²) in [7, 11) is 0. The van der Waals surface area contributed by atoms with Gasteiger partial charge in [0.2, 0.25) is 0 Å². The third kappa shape index (κ3) is 3.82. The Labute approximate surface area is 116 Å². The first kappa shape index (κ1) is 14.1. The lowest BCUT2D eigenvalue weighted by atomic mass is 9.84. The predicted octanol–water partition coefficient (Wildman–Crippen LogP) is 3.56. The number of rotatable bonds is 4. The van der Waals surface area contributed by atoms with E-state index in [2.05, 4.69) is 36.1 Å². The van der Waals surface area contributed by atoms with Crippen LogP contribution in [0.15, 0.2) is 6.07 Å². The first-order valence-electron chi connectivity index (χ1n) is 7.49. The standard InChI is InChI=1S/C15H26N4/c1-4-11-5-7-12(8-6-11)17-14-9-13(16)18-15(19-14)10(2)3/h9-12H,4-8H2,1-3H3,(H3,16,17,18,19). The molecule has 0 bridgehead atoms. The van der Waals surface area contributed by atoms with Crippen LogP contribution in [0.3, 0.4) is 0 Å². The van der Waals surface area contributed by atoms with Crippen molar-refractivity contribution in [1.82, 2.24) is 9.97 Å². The van der Waals surface area contributed by atoms with Crippen molar-refractivity contribution in [3.8, 4) is 0 Å². The van der Waals surface area contributed by atoms with E-state index in [1.54, 1.807) is 0 Å². The van der Waals surface area contributed by atoms with E-state index in [1.165, 1.54) is 32.1 Å². The summed E-state index contributed by atoms with van der Waals surface area (Å²) < 4.78 is 0. The molecule has 0 atom stereocenters. The topological polar surface area (TPSA) is 63.8 Å². The molecule has 1 aliphatic rings. The first-order valence-corrected chi connectivity index (χ1v) is 7.49. The van der Waals surface area contributed by atoms with Crippen molar-refractivity contribution in [3.63, 3.8) is 0 Å². The molecule has 3 N–H and O–H groups in total. The number of nitrogens with two attached hydrogens (primary N) is 1. The lowest BCUT2D eigenvalue weighted by molar-refractivity contribution is 0.330. The first-order chi connectivity index (χ1) is 9.08. The lowest BCUT2D eigenvalue weighted by Crippen LogP contribution is -2.26. The molecule has 1 aromatic rings. The molecule has 0 spiro atoms. The van der Waals surface area contributed by atoms with E-state index in [4.69, 9.17) is 5.73 Å². The van der Waals surface area contributed by atoms with E-state index in [1.807, 2.05) is 6.07 Å². The SMILES string of the molecule is CCC1CCC(Nc2cc(N)nc(C(C)C)n2)CC1. The van der Waals surface area contributed by atoms with Crippen molar-refractivity contribution >= 4 is 11.6 Å². The number of anilines is 2.